The zero-order valence-corrected chi connectivity index (χ0v) is 17.4. The third-order valence-electron chi connectivity index (χ3n) is 4.53. The Balaban J connectivity index is 2.05. The first-order valence-corrected chi connectivity index (χ1v) is 10.0. The highest BCUT2D eigenvalue weighted by atomic mass is 16.6. The fourth-order valence-corrected chi connectivity index (χ4v) is 3.14. The van der Waals surface area contributed by atoms with Gasteiger partial charge < -0.3 is 25.2 Å². The molecular weight excluding hydrogens is 384 g/mol. The highest BCUT2D eigenvalue weighted by molar-refractivity contribution is 5.68. The van der Waals surface area contributed by atoms with Crippen molar-refractivity contribution in [3.63, 3.8) is 0 Å². The minimum Gasteiger partial charge on any atom is -0.465 e. The molecule has 0 aliphatic heterocycles. The van der Waals surface area contributed by atoms with Crippen molar-refractivity contribution in [2.75, 3.05) is 13.1 Å². The summed E-state index contributed by atoms with van der Waals surface area (Å²) in [5.74, 6) is 0.154. The summed E-state index contributed by atoms with van der Waals surface area (Å²) in [5, 5.41) is 22.3. The number of nitrogens with zero attached hydrogens (tertiary/aromatic N) is 1. The third-order valence-corrected chi connectivity index (χ3v) is 4.53. The van der Waals surface area contributed by atoms with Crippen LogP contribution in [0.2, 0.25) is 0 Å². The maximum absolute atomic E-state index is 12.6. The summed E-state index contributed by atoms with van der Waals surface area (Å²) in [7, 11) is 0. The molecule has 0 aliphatic carbocycles. The van der Waals surface area contributed by atoms with Crippen LogP contribution in [0.25, 0.3) is 0 Å². The quantitative estimate of drug-likeness (QED) is 0.552. The van der Waals surface area contributed by atoms with E-state index in [1.54, 1.807) is 0 Å². The standard InChI is InChI=1S/C23H30N2O5/c1-17(2)14-25(23(29)30-16-19-11-7-4-8-12-19)15-21(26)20(24-22(27)28)13-18-9-5-3-6-10-18/h3-12,17,20-21,24,26H,13-16H2,1-2H3,(H,27,28). The molecule has 7 nitrogen and oxygen atoms in total. The van der Waals surface area contributed by atoms with Crippen molar-refractivity contribution in [3.05, 3.63) is 71.8 Å². The van der Waals surface area contributed by atoms with Crippen molar-refractivity contribution in [2.45, 2.75) is 39.0 Å². The molecule has 0 bridgehead atoms. The van der Waals surface area contributed by atoms with Crippen LogP contribution in [-0.4, -0.2) is 52.5 Å². The molecule has 0 heterocycles. The Labute approximate surface area is 177 Å². The Morgan fingerprint density at radius 1 is 0.967 bits per heavy atom. The van der Waals surface area contributed by atoms with Crippen LogP contribution in [0, 0.1) is 5.92 Å². The monoisotopic (exact) mass is 414 g/mol. The predicted molar refractivity (Wildman–Crippen MR) is 114 cm³/mol. The van der Waals surface area contributed by atoms with Crippen molar-refractivity contribution in [1.29, 1.82) is 0 Å². The van der Waals surface area contributed by atoms with Gasteiger partial charge in [-0.25, -0.2) is 9.59 Å². The largest absolute Gasteiger partial charge is 0.465 e. The number of ether oxygens (including phenoxy) is 1. The third kappa shape index (κ3) is 8.13. The molecule has 3 N–H and O–H groups in total. The minimum absolute atomic E-state index is 0.0381. The first kappa shape index (κ1) is 23.2. The van der Waals surface area contributed by atoms with Crippen molar-refractivity contribution in [3.8, 4) is 0 Å². The lowest BCUT2D eigenvalue weighted by Gasteiger charge is -2.30. The summed E-state index contributed by atoms with van der Waals surface area (Å²) in [6.45, 7) is 4.40. The van der Waals surface area contributed by atoms with Crippen molar-refractivity contribution < 1.29 is 24.5 Å². The van der Waals surface area contributed by atoms with Crippen LogP contribution in [0.1, 0.15) is 25.0 Å². The topological polar surface area (TPSA) is 99.1 Å². The van der Waals surface area contributed by atoms with Crippen molar-refractivity contribution in [2.24, 2.45) is 5.92 Å². The molecule has 2 aromatic carbocycles. The Morgan fingerprint density at radius 3 is 2.07 bits per heavy atom. The van der Waals surface area contributed by atoms with E-state index in [4.69, 9.17) is 4.74 Å². The van der Waals surface area contributed by atoms with Gasteiger partial charge in [0, 0.05) is 6.54 Å². The summed E-state index contributed by atoms with van der Waals surface area (Å²) in [6.07, 6.45) is -2.55. The second-order valence-electron chi connectivity index (χ2n) is 7.65. The van der Waals surface area contributed by atoms with Crippen LogP contribution < -0.4 is 5.32 Å². The van der Waals surface area contributed by atoms with Crippen LogP contribution in [-0.2, 0) is 17.8 Å². The highest BCUT2D eigenvalue weighted by Gasteiger charge is 2.27. The number of nitrogens with one attached hydrogen (secondary N) is 1. The Hall–Kier alpha value is -3.06. The van der Waals surface area contributed by atoms with E-state index in [1.807, 2.05) is 74.5 Å². The van der Waals surface area contributed by atoms with Gasteiger partial charge in [-0.05, 0) is 23.5 Å². The number of amides is 2. The minimum atomic E-state index is -1.22. The first-order chi connectivity index (χ1) is 14.3. The van der Waals surface area contributed by atoms with E-state index in [0.717, 1.165) is 11.1 Å². The fourth-order valence-electron chi connectivity index (χ4n) is 3.14. The number of carboxylic acid groups (broad SMARTS) is 1. The molecule has 0 aliphatic rings. The van der Waals surface area contributed by atoms with Crippen molar-refractivity contribution >= 4 is 12.2 Å². The smallest absolute Gasteiger partial charge is 0.410 e. The van der Waals surface area contributed by atoms with Gasteiger partial charge in [0.25, 0.3) is 0 Å². The van der Waals surface area contributed by atoms with E-state index in [-0.39, 0.29) is 19.1 Å². The molecule has 2 unspecified atom stereocenters. The van der Waals surface area contributed by atoms with Gasteiger partial charge in [0.1, 0.15) is 6.61 Å². The van der Waals surface area contributed by atoms with E-state index in [2.05, 4.69) is 5.32 Å². The van der Waals surface area contributed by atoms with E-state index >= 15 is 0 Å². The van der Waals surface area contributed by atoms with Crippen LogP contribution in [0.5, 0.6) is 0 Å². The fraction of sp³-hybridized carbons (Fsp3) is 0.391. The molecule has 2 amide bonds. The molecule has 0 saturated heterocycles. The van der Waals surface area contributed by atoms with E-state index in [9.17, 15) is 19.8 Å². The molecular formula is C23H30N2O5. The van der Waals surface area contributed by atoms with Crippen LogP contribution in [0.3, 0.4) is 0 Å². The van der Waals surface area contributed by atoms with Crippen molar-refractivity contribution in [1.82, 2.24) is 10.2 Å². The van der Waals surface area contributed by atoms with E-state index < -0.39 is 24.3 Å². The first-order valence-electron chi connectivity index (χ1n) is 10.0. The molecule has 0 radical (unpaired) electrons. The summed E-state index contributed by atoms with van der Waals surface area (Å²) in [6, 6.07) is 17.9. The molecule has 2 rings (SSSR count). The molecule has 0 saturated carbocycles. The predicted octanol–water partition coefficient (Wildman–Crippen LogP) is 3.52. The Morgan fingerprint density at radius 2 is 1.53 bits per heavy atom. The van der Waals surface area contributed by atoms with Crippen LogP contribution in [0.4, 0.5) is 9.59 Å². The number of rotatable bonds is 10. The maximum Gasteiger partial charge on any atom is 0.410 e. The van der Waals surface area contributed by atoms with Gasteiger partial charge in [0.05, 0.1) is 18.7 Å². The van der Waals surface area contributed by atoms with E-state index in [1.165, 1.54) is 4.90 Å². The normalized spacial score (nSPS) is 12.8. The number of benzene rings is 2. The average Bonchev–Trinajstić information content (AvgIpc) is 2.72. The zero-order chi connectivity index (χ0) is 21.9. The van der Waals surface area contributed by atoms with Gasteiger partial charge >= 0.3 is 12.2 Å². The lowest BCUT2D eigenvalue weighted by atomic mass is 10.0. The van der Waals surface area contributed by atoms with Gasteiger partial charge in [-0.1, -0.05) is 74.5 Å². The highest BCUT2D eigenvalue weighted by Crippen LogP contribution is 2.11. The second-order valence-corrected chi connectivity index (χ2v) is 7.65. The number of aliphatic hydroxyl groups is 1. The molecule has 2 aromatic rings. The van der Waals surface area contributed by atoms with Crippen LogP contribution >= 0.6 is 0 Å². The molecule has 162 valence electrons. The molecule has 7 heteroatoms. The molecule has 0 fully saturated rings. The molecule has 0 aromatic heterocycles. The zero-order valence-electron chi connectivity index (χ0n) is 17.4. The van der Waals surface area contributed by atoms with Gasteiger partial charge in [-0.2, -0.15) is 0 Å². The van der Waals surface area contributed by atoms with E-state index in [0.29, 0.717) is 13.0 Å². The Bertz CT molecular complexity index is 783. The summed E-state index contributed by atoms with van der Waals surface area (Å²) >= 11 is 0. The second kappa shape index (κ2) is 11.8. The molecule has 30 heavy (non-hydrogen) atoms. The summed E-state index contributed by atoms with van der Waals surface area (Å²) in [4.78, 5) is 25.3. The van der Waals surface area contributed by atoms with Gasteiger partial charge in [-0.3, -0.25) is 0 Å². The van der Waals surface area contributed by atoms with Gasteiger partial charge in [0.2, 0.25) is 0 Å². The SMILES string of the molecule is CC(C)CN(CC(O)C(Cc1ccccc1)NC(=O)O)C(=O)OCc1ccccc1. The summed E-state index contributed by atoms with van der Waals surface area (Å²) in [5.41, 5.74) is 1.75. The summed E-state index contributed by atoms with van der Waals surface area (Å²) < 4.78 is 5.41. The average molecular weight is 415 g/mol. The lowest BCUT2D eigenvalue weighted by Crippen LogP contribution is -2.51. The Kier molecular flexibility index (Phi) is 9.15. The maximum atomic E-state index is 12.6. The van der Waals surface area contributed by atoms with Gasteiger partial charge in [0.15, 0.2) is 0 Å². The van der Waals surface area contributed by atoms with Crippen LogP contribution in [0.15, 0.2) is 60.7 Å². The number of hydrogen-bond donors (Lipinski definition) is 3. The molecule has 0 spiro atoms. The lowest BCUT2D eigenvalue weighted by molar-refractivity contribution is 0.0509. The number of aliphatic hydroxyl groups excluding tert-OH is 1. The van der Waals surface area contributed by atoms with Gasteiger partial charge in [-0.15, -0.1) is 0 Å². The number of carbonyl (C=O) groups is 2. The number of carbonyl (C=O) groups excluding carboxylic acids is 1. The molecule has 2 atom stereocenters. The number of hydrogen-bond acceptors (Lipinski definition) is 4.